The quantitative estimate of drug-likeness (QED) is 0.0215. The number of allylic oxidation sites excluding steroid dienone is 10. The molecule has 0 aromatic rings. The van der Waals surface area contributed by atoms with E-state index in [1.807, 2.05) is 21.1 Å². The van der Waals surface area contributed by atoms with Crippen LogP contribution in [0.5, 0.6) is 0 Å². The molecule has 0 aromatic carbocycles. The molecule has 0 amide bonds. The summed E-state index contributed by atoms with van der Waals surface area (Å²) in [6.45, 7) is 4.59. The number of aliphatic carboxylic acids is 1. The topological polar surface area (TPSA) is 99.1 Å². The first kappa shape index (κ1) is 56.0. The van der Waals surface area contributed by atoms with Crippen molar-refractivity contribution in [2.24, 2.45) is 0 Å². The molecule has 0 rings (SSSR count). The van der Waals surface area contributed by atoms with Crippen LogP contribution in [-0.4, -0.2) is 80.6 Å². The van der Waals surface area contributed by atoms with Gasteiger partial charge in [0.15, 0.2) is 12.1 Å². The first-order valence-corrected chi connectivity index (χ1v) is 23.8. The number of quaternary nitrogens is 1. The van der Waals surface area contributed by atoms with Gasteiger partial charge in [0.1, 0.15) is 6.61 Å². The molecule has 2 atom stereocenters. The molecule has 340 valence electrons. The molecule has 0 spiro atoms. The minimum atomic E-state index is -0.878. The maximum absolute atomic E-state index is 12.8. The lowest BCUT2D eigenvalue weighted by molar-refractivity contribution is -0.887. The molecule has 8 heteroatoms. The van der Waals surface area contributed by atoms with Gasteiger partial charge in [-0.15, -0.1) is 0 Å². The second-order valence-electron chi connectivity index (χ2n) is 17.0. The first-order valence-electron chi connectivity index (χ1n) is 23.8. The minimum Gasteiger partial charge on any atom is -0.477 e. The van der Waals surface area contributed by atoms with Gasteiger partial charge in [-0.1, -0.05) is 164 Å². The summed E-state index contributed by atoms with van der Waals surface area (Å²) < 4.78 is 17.3. The van der Waals surface area contributed by atoms with E-state index in [1.54, 1.807) is 0 Å². The van der Waals surface area contributed by atoms with Gasteiger partial charge in [-0.2, -0.15) is 0 Å². The first-order chi connectivity index (χ1) is 28.6. The molecular weight excluding hydrogens is 739 g/mol. The molecule has 0 saturated heterocycles. The zero-order valence-electron chi connectivity index (χ0n) is 38.7. The number of carbonyl (C=O) groups is 3. The number of hydrogen-bond acceptors (Lipinski definition) is 6. The predicted molar refractivity (Wildman–Crippen MR) is 247 cm³/mol. The Morgan fingerprint density at radius 2 is 1.00 bits per heavy atom. The van der Waals surface area contributed by atoms with Gasteiger partial charge >= 0.3 is 17.9 Å². The Balaban J connectivity index is 4.30. The molecule has 0 heterocycles. The summed E-state index contributed by atoms with van der Waals surface area (Å²) in [4.78, 5) is 37.1. The third-order valence-corrected chi connectivity index (χ3v) is 10.4. The number of carboxylic acids is 1. The van der Waals surface area contributed by atoms with Crippen molar-refractivity contribution in [3.8, 4) is 0 Å². The van der Waals surface area contributed by atoms with Gasteiger partial charge in [0.25, 0.3) is 0 Å². The van der Waals surface area contributed by atoms with Crippen molar-refractivity contribution in [1.82, 2.24) is 0 Å². The fourth-order valence-electron chi connectivity index (χ4n) is 6.74. The van der Waals surface area contributed by atoms with Crippen LogP contribution in [0.4, 0.5) is 0 Å². The van der Waals surface area contributed by atoms with Crippen LogP contribution in [-0.2, 0) is 28.6 Å². The van der Waals surface area contributed by atoms with Crippen LogP contribution in [0.25, 0.3) is 0 Å². The van der Waals surface area contributed by atoms with E-state index in [9.17, 15) is 19.5 Å². The zero-order chi connectivity index (χ0) is 43.5. The lowest BCUT2D eigenvalue weighted by Crippen LogP contribution is -2.50. The molecule has 0 fully saturated rings. The standard InChI is InChI=1S/C51H89NO7/c1-6-8-10-12-14-16-18-20-22-23-24-25-26-28-30-32-34-36-38-40-42-50(54)59-47(45-57-44-43-48(51(55)56)52(3,4)5)46-58-49(53)41-39-37-35-33-31-29-27-21-19-17-15-13-11-9-7-2/h8,10,14-17,19-22,47-48H,6-7,9,11-13,18,23-46H2,1-5H3/p+1/b10-8+,16-14+,17-15+,21-19+,22-20+. The SMILES string of the molecule is CC/C=C/C/C=C/C/C=C/CCCCCCCCCCCCC(=O)OC(COCCC(C(=O)O)[N+](C)(C)C)COC(=O)CCCCCCCC/C=C/C=C/CCCCC. The number of carboxylic acid groups (broad SMARTS) is 1. The Kier molecular flexibility index (Phi) is 39.6. The molecule has 2 unspecified atom stereocenters. The van der Waals surface area contributed by atoms with Gasteiger partial charge in [0.05, 0.1) is 34.4 Å². The number of esters is 2. The Hall–Kier alpha value is -2.97. The number of carbonyl (C=O) groups excluding carboxylic acids is 2. The van der Waals surface area contributed by atoms with Gasteiger partial charge in [-0.3, -0.25) is 9.59 Å². The van der Waals surface area contributed by atoms with E-state index in [1.165, 1.54) is 89.9 Å². The van der Waals surface area contributed by atoms with E-state index in [-0.39, 0.29) is 36.2 Å². The lowest BCUT2D eigenvalue weighted by Gasteiger charge is -2.31. The predicted octanol–water partition coefficient (Wildman–Crippen LogP) is 13.4. The molecule has 59 heavy (non-hydrogen) atoms. The van der Waals surface area contributed by atoms with Crippen molar-refractivity contribution < 1.29 is 38.2 Å². The Labute approximate surface area is 362 Å². The summed E-state index contributed by atoms with van der Waals surface area (Å²) >= 11 is 0. The van der Waals surface area contributed by atoms with E-state index < -0.39 is 18.1 Å². The van der Waals surface area contributed by atoms with Crippen LogP contribution in [0.3, 0.4) is 0 Å². The second-order valence-corrected chi connectivity index (χ2v) is 17.0. The highest BCUT2D eigenvalue weighted by Gasteiger charge is 2.31. The summed E-state index contributed by atoms with van der Waals surface area (Å²) in [5.41, 5.74) is 0. The zero-order valence-corrected chi connectivity index (χ0v) is 38.7. The maximum Gasteiger partial charge on any atom is 0.362 e. The van der Waals surface area contributed by atoms with Crippen LogP contribution in [0.2, 0.25) is 0 Å². The molecule has 0 aliphatic carbocycles. The average molecular weight is 829 g/mol. The summed E-state index contributed by atoms with van der Waals surface area (Å²) in [6, 6.07) is -0.619. The van der Waals surface area contributed by atoms with E-state index in [4.69, 9.17) is 14.2 Å². The normalized spacial score (nSPS) is 13.4. The molecule has 0 aliphatic heterocycles. The third-order valence-electron chi connectivity index (χ3n) is 10.4. The molecule has 0 saturated carbocycles. The lowest BCUT2D eigenvalue weighted by atomic mass is 10.0. The summed E-state index contributed by atoms with van der Waals surface area (Å²) in [7, 11) is 5.52. The summed E-state index contributed by atoms with van der Waals surface area (Å²) in [5.74, 6) is -1.49. The van der Waals surface area contributed by atoms with Crippen molar-refractivity contribution in [2.45, 2.75) is 206 Å². The van der Waals surface area contributed by atoms with E-state index in [2.05, 4.69) is 74.6 Å². The Morgan fingerprint density at radius 3 is 1.51 bits per heavy atom. The Morgan fingerprint density at radius 1 is 0.542 bits per heavy atom. The van der Waals surface area contributed by atoms with Crippen molar-refractivity contribution in [1.29, 1.82) is 0 Å². The second kappa shape index (κ2) is 41.8. The molecule has 0 aromatic heterocycles. The maximum atomic E-state index is 12.8. The van der Waals surface area contributed by atoms with E-state index in [0.29, 0.717) is 19.3 Å². The van der Waals surface area contributed by atoms with Gasteiger partial charge in [-0.25, -0.2) is 4.79 Å². The van der Waals surface area contributed by atoms with Crippen molar-refractivity contribution in [3.05, 3.63) is 60.8 Å². The summed E-state index contributed by atoms with van der Waals surface area (Å²) in [6.07, 6.45) is 51.2. The van der Waals surface area contributed by atoms with E-state index >= 15 is 0 Å². The molecule has 1 N–H and O–H groups in total. The fourth-order valence-corrected chi connectivity index (χ4v) is 6.74. The van der Waals surface area contributed by atoms with Crippen LogP contribution in [0.1, 0.15) is 194 Å². The number of likely N-dealkylation sites (N-methyl/N-ethyl adjacent to an activating group) is 1. The van der Waals surface area contributed by atoms with Crippen LogP contribution in [0.15, 0.2) is 60.8 Å². The number of unbranched alkanes of at least 4 members (excludes halogenated alkanes) is 19. The molecule has 0 bridgehead atoms. The highest BCUT2D eigenvalue weighted by Crippen LogP contribution is 2.15. The van der Waals surface area contributed by atoms with Crippen molar-refractivity contribution in [2.75, 3.05) is 41.0 Å². The smallest absolute Gasteiger partial charge is 0.362 e. The van der Waals surface area contributed by atoms with Crippen molar-refractivity contribution >= 4 is 17.9 Å². The molecule has 8 nitrogen and oxygen atoms in total. The number of rotatable bonds is 42. The number of ether oxygens (including phenoxy) is 3. The average Bonchev–Trinajstić information content (AvgIpc) is 3.19. The van der Waals surface area contributed by atoms with Crippen LogP contribution < -0.4 is 0 Å². The van der Waals surface area contributed by atoms with Gasteiger partial charge in [0.2, 0.25) is 0 Å². The monoisotopic (exact) mass is 829 g/mol. The highest BCUT2D eigenvalue weighted by atomic mass is 16.6. The van der Waals surface area contributed by atoms with Gasteiger partial charge in [-0.05, 0) is 70.6 Å². The highest BCUT2D eigenvalue weighted by molar-refractivity contribution is 5.72. The van der Waals surface area contributed by atoms with Crippen molar-refractivity contribution in [3.63, 3.8) is 0 Å². The third kappa shape index (κ3) is 40.2. The van der Waals surface area contributed by atoms with E-state index in [0.717, 1.165) is 70.6 Å². The largest absolute Gasteiger partial charge is 0.477 e. The van der Waals surface area contributed by atoms with Gasteiger partial charge in [0, 0.05) is 19.3 Å². The molecule has 0 radical (unpaired) electrons. The fraction of sp³-hybridized carbons (Fsp3) is 0.745. The molecular formula is C51H90NO7+. The number of hydrogen-bond donors (Lipinski definition) is 1. The van der Waals surface area contributed by atoms with Crippen LogP contribution in [0, 0.1) is 0 Å². The van der Waals surface area contributed by atoms with Gasteiger partial charge < -0.3 is 23.8 Å². The van der Waals surface area contributed by atoms with Crippen LogP contribution >= 0.6 is 0 Å². The molecule has 0 aliphatic rings. The Bertz CT molecular complexity index is 1150. The number of nitrogens with zero attached hydrogens (tertiary/aromatic N) is 1. The minimum absolute atomic E-state index is 0.0542. The summed E-state index contributed by atoms with van der Waals surface area (Å²) in [5, 5.41) is 9.64.